The van der Waals surface area contributed by atoms with Crippen LogP contribution in [0.25, 0.3) is 0 Å². The molecule has 0 spiro atoms. The molecule has 1 radical (unpaired) electrons. The predicted molar refractivity (Wildman–Crippen MR) is 40.9 cm³/mol. The Balaban J connectivity index is 2.60. The Labute approximate surface area is 57.8 Å². The van der Waals surface area contributed by atoms with Crippen LogP contribution >= 0.6 is 0 Å². The zero-order valence-corrected chi connectivity index (χ0v) is 6.03. The maximum Gasteiger partial charge on any atom is 0.0428 e. The highest BCUT2D eigenvalue weighted by atomic mass is 14.9. The summed E-state index contributed by atoms with van der Waals surface area (Å²) in [5, 5.41) is 3.06. The van der Waals surface area contributed by atoms with Gasteiger partial charge in [0, 0.05) is 6.67 Å². The first-order valence-electron chi connectivity index (χ1n) is 3.62. The van der Waals surface area contributed by atoms with E-state index in [0.717, 1.165) is 13.0 Å². The summed E-state index contributed by atoms with van der Waals surface area (Å²) >= 11 is 0. The number of nitrogens with one attached hydrogen (secondary N) is 1. The van der Waals surface area contributed by atoms with Crippen molar-refractivity contribution in [3.63, 3.8) is 0 Å². The molecule has 0 amide bonds. The summed E-state index contributed by atoms with van der Waals surface area (Å²) in [4.78, 5) is 0. The third-order valence-corrected chi connectivity index (χ3v) is 1.25. The van der Waals surface area contributed by atoms with Crippen LogP contribution in [-0.2, 0) is 0 Å². The fourth-order valence-electron chi connectivity index (χ4n) is 0.706. The van der Waals surface area contributed by atoms with E-state index in [1.54, 1.807) is 0 Å². The van der Waals surface area contributed by atoms with E-state index in [0.29, 0.717) is 6.67 Å². The first-order valence-corrected chi connectivity index (χ1v) is 3.62. The number of unbranched alkanes of at least 4 members (excludes halogenated alkanes) is 3. The molecule has 3 N–H and O–H groups in total. The van der Waals surface area contributed by atoms with Crippen molar-refractivity contribution in [3.8, 4) is 0 Å². The summed E-state index contributed by atoms with van der Waals surface area (Å²) < 4.78 is 0. The SMILES string of the molecule is [CH2]CCCCCNCN. The zero-order valence-electron chi connectivity index (χ0n) is 6.03. The Bertz CT molecular complexity index is 40.2. The van der Waals surface area contributed by atoms with Gasteiger partial charge >= 0.3 is 0 Å². The van der Waals surface area contributed by atoms with Crippen LogP contribution in [0.3, 0.4) is 0 Å². The average Bonchev–Trinajstić information content (AvgIpc) is 1.89. The minimum absolute atomic E-state index is 0.602. The lowest BCUT2D eigenvalue weighted by Crippen LogP contribution is -2.23. The molecule has 0 aromatic heterocycles. The molecule has 0 aliphatic rings. The third kappa shape index (κ3) is 7.92. The topological polar surface area (TPSA) is 38.0 Å². The van der Waals surface area contributed by atoms with Crippen LogP contribution in [0.1, 0.15) is 25.7 Å². The summed E-state index contributed by atoms with van der Waals surface area (Å²) in [7, 11) is 0. The van der Waals surface area contributed by atoms with Gasteiger partial charge in [0.1, 0.15) is 0 Å². The highest BCUT2D eigenvalue weighted by Crippen LogP contribution is 1.95. The van der Waals surface area contributed by atoms with E-state index in [4.69, 9.17) is 5.73 Å². The van der Waals surface area contributed by atoms with Crippen LogP contribution in [0.2, 0.25) is 0 Å². The standard InChI is InChI=1S/C7H17N2/c1-2-3-4-5-6-9-7-8/h9H,1-8H2. The second kappa shape index (κ2) is 7.92. The van der Waals surface area contributed by atoms with Crippen molar-refractivity contribution < 1.29 is 0 Å². The van der Waals surface area contributed by atoms with Crippen molar-refractivity contribution in [1.29, 1.82) is 0 Å². The number of hydrogen-bond donors (Lipinski definition) is 2. The van der Waals surface area contributed by atoms with E-state index in [1.807, 2.05) is 0 Å². The second-order valence-electron chi connectivity index (χ2n) is 2.12. The van der Waals surface area contributed by atoms with Crippen LogP contribution in [-0.4, -0.2) is 13.2 Å². The quantitative estimate of drug-likeness (QED) is 0.413. The fraction of sp³-hybridized carbons (Fsp3) is 0.857. The van der Waals surface area contributed by atoms with Gasteiger partial charge < -0.3 is 11.1 Å². The van der Waals surface area contributed by atoms with E-state index >= 15 is 0 Å². The number of hydrogen-bond acceptors (Lipinski definition) is 2. The van der Waals surface area contributed by atoms with Crippen molar-refractivity contribution in [2.45, 2.75) is 25.7 Å². The van der Waals surface area contributed by atoms with Crippen LogP contribution in [0.15, 0.2) is 0 Å². The molecule has 0 saturated carbocycles. The van der Waals surface area contributed by atoms with E-state index in [-0.39, 0.29) is 0 Å². The van der Waals surface area contributed by atoms with Gasteiger partial charge in [-0.2, -0.15) is 0 Å². The molecule has 0 bridgehead atoms. The summed E-state index contributed by atoms with van der Waals surface area (Å²) in [5.41, 5.74) is 5.22. The van der Waals surface area contributed by atoms with Gasteiger partial charge in [-0.3, -0.25) is 0 Å². The van der Waals surface area contributed by atoms with Gasteiger partial charge in [-0.25, -0.2) is 0 Å². The van der Waals surface area contributed by atoms with Gasteiger partial charge in [0.2, 0.25) is 0 Å². The molecule has 0 rings (SSSR count). The normalized spacial score (nSPS) is 10.0. The van der Waals surface area contributed by atoms with Crippen molar-refractivity contribution >= 4 is 0 Å². The van der Waals surface area contributed by atoms with E-state index in [9.17, 15) is 0 Å². The van der Waals surface area contributed by atoms with Crippen LogP contribution < -0.4 is 11.1 Å². The van der Waals surface area contributed by atoms with Crippen molar-refractivity contribution in [2.75, 3.05) is 13.2 Å². The van der Waals surface area contributed by atoms with Crippen LogP contribution in [0.4, 0.5) is 0 Å². The van der Waals surface area contributed by atoms with E-state index in [1.165, 1.54) is 19.3 Å². The fourth-order valence-corrected chi connectivity index (χ4v) is 0.706. The highest BCUT2D eigenvalue weighted by molar-refractivity contribution is 4.46. The smallest absolute Gasteiger partial charge is 0.0428 e. The molecule has 0 saturated heterocycles. The lowest BCUT2D eigenvalue weighted by atomic mass is 10.2. The molecule has 0 aliphatic heterocycles. The minimum atomic E-state index is 0.602. The summed E-state index contributed by atoms with van der Waals surface area (Å²) in [6.45, 7) is 5.41. The Morgan fingerprint density at radius 1 is 1.22 bits per heavy atom. The summed E-state index contributed by atoms with van der Waals surface area (Å²) in [6.07, 6.45) is 4.80. The molecule has 0 aromatic carbocycles. The van der Waals surface area contributed by atoms with Crippen LogP contribution in [0, 0.1) is 6.92 Å². The molecular formula is C7H17N2. The first kappa shape index (κ1) is 8.92. The summed E-state index contributed by atoms with van der Waals surface area (Å²) in [6, 6.07) is 0. The van der Waals surface area contributed by atoms with Gasteiger partial charge in [0.25, 0.3) is 0 Å². The molecule has 0 heterocycles. The van der Waals surface area contributed by atoms with Crippen molar-refractivity contribution in [1.82, 2.24) is 5.32 Å². The van der Waals surface area contributed by atoms with Crippen molar-refractivity contribution in [3.05, 3.63) is 6.92 Å². The average molecular weight is 129 g/mol. The molecule has 2 nitrogen and oxygen atoms in total. The monoisotopic (exact) mass is 129 g/mol. The molecule has 0 atom stereocenters. The molecule has 0 aliphatic carbocycles. The maximum absolute atomic E-state index is 5.22. The third-order valence-electron chi connectivity index (χ3n) is 1.25. The van der Waals surface area contributed by atoms with E-state index in [2.05, 4.69) is 12.2 Å². The van der Waals surface area contributed by atoms with Gasteiger partial charge in [0.05, 0.1) is 0 Å². The minimum Gasteiger partial charge on any atom is -0.318 e. The molecule has 2 heteroatoms. The van der Waals surface area contributed by atoms with Gasteiger partial charge in [-0.1, -0.05) is 26.2 Å². The predicted octanol–water partition coefficient (Wildman–Crippen LogP) is 0.887. The van der Waals surface area contributed by atoms with Crippen LogP contribution in [0.5, 0.6) is 0 Å². The summed E-state index contributed by atoms with van der Waals surface area (Å²) in [5.74, 6) is 0. The largest absolute Gasteiger partial charge is 0.318 e. The highest BCUT2D eigenvalue weighted by Gasteiger charge is 1.84. The molecule has 9 heavy (non-hydrogen) atoms. The Hall–Kier alpha value is -0.0800. The Morgan fingerprint density at radius 2 is 2.00 bits per heavy atom. The number of rotatable bonds is 6. The molecule has 55 valence electrons. The van der Waals surface area contributed by atoms with Gasteiger partial charge in [-0.05, 0) is 13.0 Å². The lowest BCUT2D eigenvalue weighted by molar-refractivity contribution is 0.613. The van der Waals surface area contributed by atoms with E-state index < -0.39 is 0 Å². The maximum atomic E-state index is 5.22. The lowest BCUT2D eigenvalue weighted by Gasteiger charge is -1.98. The van der Waals surface area contributed by atoms with Gasteiger partial charge in [-0.15, -0.1) is 0 Å². The Morgan fingerprint density at radius 3 is 2.56 bits per heavy atom. The number of nitrogens with two attached hydrogens (primary N) is 1. The molecular weight excluding hydrogens is 112 g/mol. The van der Waals surface area contributed by atoms with Gasteiger partial charge in [0.15, 0.2) is 0 Å². The first-order chi connectivity index (χ1) is 4.41. The Kier molecular flexibility index (Phi) is 7.85. The second-order valence-corrected chi connectivity index (χ2v) is 2.12. The molecule has 0 aromatic rings. The molecule has 0 unspecified atom stereocenters. The van der Waals surface area contributed by atoms with Crippen molar-refractivity contribution in [2.24, 2.45) is 5.73 Å². The zero-order chi connectivity index (χ0) is 6.95. The molecule has 0 fully saturated rings.